The number of benzene rings is 1. The maximum atomic E-state index is 10.8. The van der Waals surface area contributed by atoms with Crippen LogP contribution in [-0.2, 0) is 6.54 Å². The van der Waals surface area contributed by atoms with Crippen molar-refractivity contribution >= 4 is 21.6 Å². The van der Waals surface area contributed by atoms with Crippen LogP contribution in [0.25, 0.3) is 0 Å². The number of ether oxygens (including phenoxy) is 1. The van der Waals surface area contributed by atoms with E-state index in [1.165, 1.54) is 6.07 Å². The van der Waals surface area contributed by atoms with Crippen molar-refractivity contribution in [3.05, 3.63) is 51.2 Å². The summed E-state index contributed by atoms with van der Waals surface area (Å²) < 4.78 is 8.14. The number of halogens is 1. The predicted octanol–water partition coefficient (Wildman–Crippen LogP) is 3.02. The van der Waals surface area contributed by atoms with Crippen molar-refractivity contribution in [2.75, 3.05) is 6.61 Å². The number of para-hydroxylation sites is 2. The van der Waals surface area contributed by atoms with Crippen LogP contribution in [0.1, 0.15) is 6.42 Å². The number of aryl methyl sites for hydroxylation is 1. The second-order valence-corrected chi connectivity index (χ2v) is 4.76. The van der Waals surface area contributed by atoms with E-state index in [2.05, 4.69) is 21.0 Å². The van der Waals surface area contributed by atoms with Gasteiger partial charge >= 0.3 is 5.69 Å². The van der Waals surface area contributed by atoms with Gasteiger partial charge in [-0.2, -0.15) is 5.10 Å². The Morgan fingerprint density at radius 1 is 1.42 bits per heavy atom. The molecule has 2 aromatic rings. The molecule has 0 fully saturated rings. The van der Waals surface area contributed by atoms with Gasteiger partial charge < -0.3 is 4.74 Å². The molecule has 0 bridgehead atoms. The lowest BCUT2D eigenvalue weighted by molar-refractivity contribution is -0.385. The van der Waals surface area contributed by atoms with Gasteiger partial charge in [0.25, 0.3) is 0 Å². The summed E-state index contributed by atoms with van der Waals surface area (Å²) in [5, 5.41) is 14.9. The Bertz CT molecular complexity index is 571. The third-order valence-electron chi connectivity index (χ3n) is 2.45. The van der Waals surface area contributed by atoms with Crippen molar-refractivity contribution in [3.63, 3.8) is 0 Å². The van der Waals surface area contributed by atoms with Crippen LogP contribution in [0.5, 0.6) is 5.75 Å². The normalized spacial score (nSPS) is 10.4. The number of nitro groups is 1. The molecule has 0 saturated heterocycles. The van der Waals surface area contributed by atoms with Crippen molar-refractivity contribution in [2.45, 2.75) is 13.0 Å². The molecule has 0 aliphatic rings. The molecule has 1 aromatic heterocycles. The van der Waals surface area contributed by atoms with Crippen LogP contribution in [0.2, 0.25) is 0 Å². The molecule has 7 heteroatoms. The zero-order valence-electron chi connectivity index (χ0n) is 10.0. The number of rotatable bonds is 6. The fourth-order valence-corrected chi connectivity index (χ4v) is 1.93. The highest BCUT2D eigenvalue weighted by Gasteiger charge is 2.12. The highest BCUT2D eigenvalue weighted by Crippen LogP contribution is 2.25. The summed E-state index contributed by atoms with van der Waals surface area (Å²) in [7, 11) is 0. The molecule has 0 aliphatic heterocycles. The molecule has 0 amide bonds. The largest absolute Gasteiger partial charge is 0.487 e. The van der Waals surface area contributed by atoms with Gasteiger partial charge in [-0.05, 0) is 22.0 Å². The highest BCUT2D eigenvalue weighted by atomic mass is 79.9. The first-order valence-corrected chi connectivity index (χ1v) is 6.50. The Morgan fingerprint density at radius 2 is 2.21 bits per heavy atom. The van der Waals surface area contributed by atoms with Gasteiger partial charge in [0.2, 0.25) is 0 Å². The van der Waals surface area contributed by atoms with E-state index < -0.39 is 4.92 Å². The Hall–Kier alpha value is -1.89. The molecule has 100 valence electrons. The summed E-state index contributed by atoms with van der Waals surface area (Å²) in [5.74, 6) is 0.300. The summed E-state index contributed by atoms with van der Waals surface area (Å²) >= 11 is 3.31. The Balaban J connectivity index is 1.84. The quantitative estimate of drug-likeness (QED) is 0.465. The fraction of sp³-hybridized carbons (Fsp3) is 0.250. The highest BCUT2D eigenvalue weighted by molar-refractivity contribution is 9.10. The summed E-state index contributed by atoms with van der Waals surface area (Å²) in [6.45, 7) is 1.11. The van der Waals surface area contributed by atoms with Gasteiger partial charge in [0.15, 0.2) is 5.75 Å². The average Bonchev–Trinajstić information content (AvgIpc) is 2.81. The zero-order valence-corrected chi connectivity index (χ0v) is 11.6. The molecule has 6 nitrogen and oxygen atoms in total. The minimum atomic E-state index is -0.444. The van der Waals surface area contributed by atoms with E-state index in [1.54, 1.807) is 29.1 Å². The van der Waals surface area contributed by atoms with Crippen LogP contribution in [0, 0.1) is 10.1 Å². The van der Waals surface area contributed by atoms with E-state index in [-0.39, 0.29) is 5.69 Å². The first-order chi connectivity index (χ1) is 9.16. The number of hydrogen-bond acceptors (Lipinski definition) is 4. The van der Waals surface area contributed by atoms with Crippen LogP contribution >= 0.6 is 15.9 Å². The van der Waals surface area contributed by atoms with Gasteiger partial charge in [0, 0.05) is 25.2 Å². The number of nitrogens with zero attached hydrogens (tertiary/aromatic N) is 3. The zero-order chi connectivity index (χ0) is 13.7. The molecule has 0 aliphatic carbocycles. The van der Waals surface area contributed by atoms with Gasteiger partial charge in [-0.25, -0.2) is 0 Å². The maximum absolute atomic E-state index is 10.8. The third-order valence-corrected chi connectivity index (χ3v) is 2.86. The van der Waals surface area contributed by atoms with E-state index in [1.807, 2.05) is 6.20 Å². The Kier molecular flexibility index (Phi) is 4.51. The van der Waals surface area contributed by atoms with Gasteiger partial charge in [-0.15, -0.1) is 0 Å². The maximum Gasteiger partial charge on any atom is 0.310 e. The van der Waals surface area contributed by atoms with E-state index >= 15 is 0 Å². The molecule has 0 spiro atoms. The molecule has 1 heterocycles. The van der Waals surface area contributed by atoms with Crippen LogP contribution in [0.3, 0.4) is 0 Å². The minimum absolute atomic E-state index is 0.00988. The molecule has 0 N–H and O–H groups in total. The summed E-state index contributed by atoms with van der Waals surface area (Å²) in [4.78, 5) is 10.3. The molecule has 0 unspecified atom stereocenters. The van der Waals surface area contributed by atoms with E-state index in [9.17, 15) is 10.1 Å². The standard InChI is InChI=1S/C12H12BrN3O3/c13-10-8-14-15(9-10)6-3-7-19-12-5-2-1-4-11(12)16(17)18/h1-2,4-5,8-9H,3,6-7H2. The van der Waals surface area contributed by atoms with Crippen LogP contribution in [0.4, 0.5) is 5.69 Å². The fourth-order valence-electron chi connectivity index (χ4n) is 1.60. The van der Waals surface area contributed by atoms with Crippen molar-refractivity contribution in [2.24, 2.45) is 0 Å². The van der Waals surface area contributed by atoms with Crippen LogP contribution < -0.4 is 4.74 Å². The third kappa shape index (κ3) is 3.78. The average molecular weight is 326 g/mol. The smallest absolute Gasteiger partial charge is 0.310 e. The molecule has 0 saturated carbocycles. The monoisotopic (exact) mass is 325 g/mol. The number of nitro benzene ring substituents is 1. The van der Waals surface area contributed by atoms with E-state index in [0.29, 0.717) is 18.9 Å². The SMILES string of the molecule is O=[N+]([O-])c1ccccc1OCCCn1cc(Br)cn1. The minimum Gasteiger partial charge on any atom is -0.487 e. The second-order valence-electron chi connectivity index (χ2n) is 3.85. The lowest BCUT2D eigenvalue weighted by Gasteiger charge is -2.06. The Labute approximate surface area is 118 Å². The first kappa shape index (κ1) is 13.5. The van der Waals surface area contributed by atoms with E-state index in [0.717, 1.165) is 10.9 Å². The lowest BCUT2D eigenvalue weighted by atomic mass is 10.3. The summed E-state index contributed by atoms with van der Waals surface area (Å²) in [5.41, 5.74) is -0.00988. The lowest BCUT2D eigenvalue weighted by Crippen LogP contribution is -2.05. The molecular formula is C12H12BrN3O3. The number of aromatic nitrogens is 2. The van der Waals surface area contributed by atoms with Gasteiger partial charge in [-0.1, -0.05) is 12.1 Å². The van der Waals surface area contributed by atoms with Crippen molar-refractivity contribution < 1.29 is 9.66 Å². The summed E-state index contributed by atoms with van der Waals surface area (Å²) in [6, 6.07) is 6.36. The molecule has 19 heavy (non-hydrogen) atoms. The molecule has 1 aromatic carbocycles. The topological polar surface area (TPSA) is 70.2 Å². The van der Waals surface area contributed by atoms with Crippen molar-refractivity contribution in [1.82, 2.24) is 9.78 Å². The summed E-state index contributed by atoms with van der Waals surface area (Å²) in [6.07, 6.45) is 4.30. The van der Waals surface area contributed by atoms with Crippen molar-refractivity contribution in [3.8, 4) is 5.75 Å². The molecule has 2 rings (SSSR count). The van der Waals surface area contributed by atoms with Crippen molar-refractivity contribution in [1.29, 1.82) is 0 Å². The molecular weight excluding hydrogens is 314 g/mol. The molecule has 0 radical (unpaired) electrons. The van der Waals surface area contributed by atoms with Crippen LogP contribution in [-0.4, -0.2) is 21.3 Å². The Morgan fingerprint density at radius 3 is 2.89 bits per heavy atom. The first-order valence-electron chi connectivity index (χ1n) is 5.71. The van der Waals surface area contributed by atoms with E-state index in [4.69, 9.17) is 4.74 Å². The number of hydrogen-bond donors (Lipinski definition) is 0. The van der Waals surface area contributed by atoms with Gasteiger partial charge in [0.1, 0.15) is 0 Å². The van der Waals surface area contributed by atoms with Gasteiger partial charge in [-0.3, -0.25) is 14.8 Å². The second kappa shape index (κ2) is 6.33. The molecule has 0 atom stereocenters. The van der Waals surface area contributed by atoms with Gasteiger partial charge in [0.05, 0.1) is 22.2 Å². The van der Waals surface area contributed by atoms with Crippen LogP contribution in [0.15, 0.2) is 41.1 Å². The predicted molar refractivity (Wildman–Crippen MR) is 73.1 cm³/mol.